The molecule has 1 N–H and O–H groups in total. The normalized spacial score (nSPS) is 15.9. The van der Waals surface area contributed by atoms with E-state index in [1.54, 1.807) is 12.1 Å². The van der Waals surface area contributed by atoms with Crippen LogP contribution in [0.4, 0.5) is 4.39 Å². The van der Waals surface area contributed by atoms with Gasteiger partial charge in [0.15, 0.2) is 0 Å². The standard InChI is InChI=1S/C29H32FN3O5/c1-33(20-21-8-10-24(30)11-9-21)14-16-36-25-6-4-5-22(17-25)18-27(32-38-28-7-2-3-15-37-28)26-19-23(29(34)35)12-13-31-26/h4-6,8-13,17,19,28H,2-3,7,14-16,18,20H2,1H3,(H,34,35)/b32-27+. The van der Waals surface area contributed by atoms with Gasteiger partial charge in [0, 0.05) is 32.1 Å². The van der Waals surface area contributed by atoms with Crippen LogP contribution in [0.2, 0.25) is 0 Å². The highest BCUT2D eigenvalue weighted by Crippen LogP contribution is 2.18. The van der Waals surface area contributed by atoms with Crippen molar-refractivity contribution in [2.45, 2.75) is 38.5 Å². The SMILES string of the molecule is CN(CCOc1cccc(C/C(=N\OC2CCCCO2)c2cc(C(=O)O)ccn2)c1)Cc1ccc(F)cc1. The summed E-state index contributed by atoms with van der Waals surface area (Å²) in [5.41, 5.74) is 2.99. The van der Waals surface area contributed by atoms with Crippen molar-refractivity contribution in [3.63, 3.8) is 0 Å². The predicted molar refractivity (Wildman–Crippen MR) is 141 cm³/mol. The predicted octanol–water partition coefficient (Wildman–Crippen LogP) is 4.92. The summed E-state index contributed by atoms with van der Waals surface area (Å²) in [6, 6.07) is 17.1. The van der Waals surface area contributed by atoms with Gasteiger partial charge in [0.2, 0.25) is 6.29 Å². The number of carbonyl (C=O) groups is 1. The molecule has 0 saturated carbocycles. The summed E-state index contributed by atoms with van der Waals surface area (Å²) in [5.74, 6) is -0.572. The van der Waals surface area contributed by atoms with Crippen LogP contribution in [0.1, 0.15) is 46.4 Å². The summed E-state index contributed by atoms with van der Waals surface area (Å²) < 4.78 is 24.7. The highest BCUT2D eigenvalue weighted by Gasteiger charge is 2.17. The fraction of sp³-hybridized carbons (Fsp3) is 0.345. The lowest BCUT2D eigenvalue weighted by molar-refractivity contribution is -0.162. The van der Waals surface area contributed by atoms with Crippen LogP contribution in [-0.2, 0) is 22.5 Å². The van der Waals surface area contributed by atoms with Gasteiger partial charge in [-0.25, -0.2) is 9.18 Å². The van der Waals surface area contributed by atoms with Crippen molar-refractivity contribution < 1.29 is 28.6 Å². The van der Waals surface area contributed by atoms with Gasteiger partial charge >= 0.3 is 5.97 Å². The number of likely N-dealkylation sites (N-methyl/N-ethyl adjacent to an activating group) is 1. The van der Waals surface area contributed by atoms with E-state index < -0.39 is 12.3 Å². The van der Waals surface area contributed by atoms with Gasteiger partial charge in [-0.15, -0.1) is 0 Å². The molecule has 0 aliphatic carbocycles. The van der Waals surface area contributed by atoms with Crippen LogP contribution in [0, 0.1) is 5.82 Å². The third kappa shape index (κ3) is 8.36. The summed E-state index contributed by atoms with van der Waals surface area (Å²) in [7, 11) is 1.99. The second-order valence-electron chi connectivity index (χ2n) is 9.21. The number of ether oxygens (including phenoxy) is 2. The molecule has 0 spiro atoms. The van der Waals surface area contributed by atoms with Gasteiger partial charge in [0.05, 0.1) is 17.9 Å². The van der Waals surface area contributed by atoms with Crippen LogP contribution >= 0.6 is 0 Å². The van der Waals surface area contributed by atoms with Gasteiger partial charge in [-0.3, -0.25) is 9.88 Å². The molecule has 0 bridgehead atoms. The monoisotopic (exact) mass is 521 g/mol. The van der Waals surface area contributed by atoms with Gasteiger partial charge in [-0.05, 0) is 67.4 Å². The van der Waals surface area contributed by atoms with E-state index in [2.05, 4.69) is 15.0 Å². The Bertz CT molecular complexity index is 1230. The number of aromatic carboxylic acids is 1. The number of hydrogen-bond donors (Lipinski definition) is 1. The molecule has 1 aromatic heterocycles. The zero-order chi connectivity index (χ0) is 26.7. The van der Waals surface area contributed by atoms with Crippen molar-refractivity contribution in [1.29, 1.82) is 0 Å². The average molecular weight is 522 g/mol. The molecular formula is C29H32FN3O5. The third-order valence-electron chi connectivity index (χ3n) is 6.10. The van der Waals surface area contributed by atoms with Crippen molar-refractivity contribution in [1.82, 2.24) is 9.88 Å². The molecule has 1 aliphatic heterocycles. The van der Waals surface area contributed by atoms with Crippen molar-refractivity contribution in [3.8, 4) is 5.75 Å². The summed E-state index contributed by atoms with van der Waals surface area (Å²) in [6.45, 7) is 2.49. The maximum Gasteiger partial charge on any atom is 0.335 e. The number of hydrogen-bond acceptors (Lipinski definition) is 7. The second-order valence-corrected chi connectivity index (χ2v) is 9.21. The van der Waals surface area contributed by atoms with Crippen molar-refractivity contribution in [2.75, 3.05) is 26.8 Å². The number of pyridine rings is 1. The van der Waals surface area contributed by atoms with Gasteiger partial charge in [-0.1, -0.05) is 29.4 Å². The highest BCUT2D eigenvalue weighted by atomic mass is 19.1. The Balaban J connectivity index is 1.40. The molecule has 8 nitrogen and oxygen atoms in total. The van der Waals surface area contributed by atoms with Crippen LogP contribution in [-0.4, -0.2) is 59.8 Å². The molecular weight excluding hydrogens is 489 g/mol. The molecule has 0 radical (unpaired) electrons. The smallest absolute Gasteiger partial charge is 0.335 e. The largest absolute Gasteiger partial charge is 0.492 e. The quantitative estimate of drug-likeness (QED) is 0.267. The Kier molecular flexibility index (Phi) is 9.77. The number of oxime groups is 1. The first-order valence-corrected chi connectivity index (χ1v) is 12.6. The van der Waals surface area contributed by atoms with Gasteiger partial charge in [-0.2, -0.15) is 0 Å². The number of halogens is 1. The summed E-state index contributed by atoms with van der Waals surface area (Å²) in [4.78, 5) is 23.6. The molecule has 2 heterocycles. The molecule has 1 fully saturated rings. The van der Waals surface area contributed by atoms with E-state index in [9.17, 15) is 14.3 Å². The zero-order valence-electron chi connectivity index (χ0n) is 21.4. The Morgan fingerprint density at radius 1 is 1.16 bits per heavy atom. The minimum Gasteiger partial charge on any atom is -0.492 e. The second kappa shape index (κ2) is 13.6. The van der Waals surface area contributed by atoms with Crippen molar-refractivity contribution in [2.24, 2.45) is 5.16 Å². The van der Waals surface area contributed by atoms with Crippen LogP contribution in [0.25, 0.3) is 0 Å². The highest BCUT2D eigenvalue weighted by molar-refractivity contribution is 6.01. The molecule has 2 aromatic carbocycles. The molecule has 0 amide bonds. The minimum atomic E-state index is -1.04. The van der Waals surface area contributed by atoms with Crippen LogP contribution in [0.5, 0.6) is 5.75 Å². The van der Waals surface area contributed by atoms with E-state index >= 15 is 0 Å². The first kappa shape index (κ1) is 27.2. The Morgan fingerprint density at radius 2 is 2.00 bits per heavy atom. The Morgan fingerprint density at radius 3 is 2.76 bits per heavy atom. The van der Waals surface area contributed by atoms with E-state index in [-0.39, 0.29) is 11.4 Å². The fourth-order valence-corrected chi connectivity index (χ4v) is 4.05. The number of benzene rings is 2. The number of aromatic nitrogens is 1. The van der Waals surface area contributed by atoms with E-state index in [0.29, 0.717) is 49.9 Å². The van der Waals surface area contributed by atoms with E-state index in [0.717, 1.165) is 30.4 Å². The molecule has 9 heteroatoms. The molecule has 1 aliphatic rings. The molecule has 3 aromatic rings. The van der Waals surface area contributed by atoms with Gasteiger partial charge < -0.3 is 19.4 Å². The maximum absolute atomic E-state index is 13.1. The minimum absolute atomic E-state index is 0.124. The van der Waals surface area contributed by atoms with Crippen LogP contribution < -0.4 is 4.74 Å². The first-order chi connectivity index (χ1) is 18.5. The zero-order valence-corrected chi connectivity index (χ0v) is 21.4. The van der Waals surface area contributed by atoms with E-state index in [1.807, 2.05) is 31.3 Å². The molecule has 1 atom stereocenters. The number of nitrogens with zero attached hydrogens (tertiary/aromatic N) is 3. The average Bonchev–Trinajstić information content (AvgIpc) is 2.93. The van der Waals surface area contributed by atoms with E-state index in [1.165, 1.54) is 30.5 Å². The van der Waals surface area contributed by atoms with Crippen LogP contribution in [0.15, 0.2) is 72.0 Å². The van der Waals surface area contributed by atoms with Crippen LogP contribution in [0.3, 0.4) is 0 Å². The molecule has 1 saturated heterocycles. The molecule has 4 rings (SSSR count). The topological polar surface area (TPSA) is 93.5 Å². The maximum atomic E-state index is 13.1. The summed E-state index contributed by atoms with van der Waals surface area (Å²) in [6.07, 6.45) is 4.13. The lowest BCUT2D eigenvalue weighted by Gasteiger charge is -2.20. The van der Waals surface area contributed by atoms with Gasteiger partial charge in [0.1, 0.15) is 23.9 Å². The number of carboxylic acids is 1. The van der Waals surface area contributed by atoms with Gasteiger partial charge in [0.25, 0.3) is 0 Å². The van der Waals surface area contributed by atoms with Crippen molar-refractivity contribution >= 4 is 11.7 Å². The Hall–Kier alpha value is -3.82. The molecule has 38 heavy (non-hydrogen) atoms. The lowest BCUT2D eigenvalue weighted by Crippen LogP contribution is -2.23. The summed E-state index contributed by atoms with van der Waals surface area (Å²) >= 11 is 0. The molecule has 200 valence electrons. The summed E-state index contributed by atoms with van der Waals surface area (Å²) in [5, 5.41) is 13.8. The van der Waals surface area contributed by atoms with Crippen molar-refractivity contribution in [3.05, 3.63) is 95.1 Å². The van der Waals surface area contributed by atoms with E-state index in [4.69, 9.17) is 14.3 Å². The number of carboxylic acid groups (broad SMARTS) is 1. The first-order valence-electron chi connectivity index (χ1n) is 12.6. The Labute approximate surface area is 221 Å². The third-order valence-corrected chi connectivity index (χ3v) is 6.10. The fourth-order valence-electron chi connectivity index (χ4n) is 4.05. The molecule has 1 unspecified atom stereocenters. The number of rotatable bonds is 12. The lowest BCUT2D eigenvalue weighted by atomic mass is 10.0.